The van der Waals surface area contributed by atoms with Crippen LogP contribution in [0.3, 0.4) is 0 Å². The number of rotatable bonds is 4. The molecule has 0 spiro atoms. The molecule has 1 aliphatic heterocycles. The monoisotopic (exact) mass is 338 g/mol. The third kappa shape index (κ3) is 3.38. The van der Waals surface area contributed by atoms with Gasteiger partial charge in [-0.05, 0) is 36.1 Å². The number of hydrogen-bond donors (Lipinski definition) is 0. The molecule has 0 saturated heterocycles. The summed E-state index contributed by atoms with van der Waals surface area (Å²) in [5.41, 5.74) is 3.23. The second kappa shape index (κ2) is 6.76. The maximum absolute atomic E-state index is 12.2. The van der Waals surface area contributed by atoms with E-state index >= 15 is 0 Å². The lowest BCUT2D eigenvalue weighted by Crippen LogP contribution is -2.16. The molecule has 3 rings (SSSR count). The molecule has 25 heavy (non-hydrogen) atoms. The van der Waals surface area contributed by atoms with E-state index in [9.17, 15) is 15.3 Å². The molecule has 0 amide bonds. The Labute approximate surface area is 145 Å². The van der Waals surface area contributed by atoms with Gasteiger partial charge in [0.25, 0.3) is 0 Å². The van der Waals surface area contributed by atoms with Crippen molar-refractivity contribution in [2.75, 3.05) is 0 Å². The van der Waals surface area contributed by atoms with Gasteiger partial charge in [0.2, 0.25) is 0 Å². The van der Waals surface area contributed by atoms with E-state index in [0.717, 1.165) is 16.7 Å². The third-order valence-corrected chi connectivity index (χ3v) is 4.33. The number of aryl methyl sites for hydroxylation is 2. The summed E-state index contributed by atoms with van der Waals surface area (Å²) in [4.78, 5) is 16.6. The second-order valence-corrected chi connectivity index (χ2v) is 6.00. The van der Waals surface area contributed by atoms with Crippen LogP contribution in [0.2, 0.25) is 0 Å². The maximum Gasteiger partial charge on any atom is 0.342 e. The zero-order chi connectivity index (χ0) is 18.0. The van der Waals surface area contributed by atoms with Crippen LogP contribution in [-0.2, 0) is 4.84 Å². The van der Waals surface area contributed by atoms with E-state index in [0.29, 0.717) is 5.56 Å². The van der Waals surface area contributed by atoms with Crippen LogP contribution in [0.15, 0.2) is 54.2 Å². The van der Waals surface area contributed by atoms with Gasteiger partial charge in [0, 0.05) is 11.0 Å². The molecule has 0 N–H and O–H groups in total. The lowest BCUT2D eigenvalue weighted by molar-refractivity contribution is -0.743. The van der Waals surface area contributed by atoms with Gasteiger partial charge in [0.05, 0.1) is 11.3 Å². The van der Waals surface area contributed by atoms with Crippen LogP contribution in [0.25, 0.3) is 6.08 Å². The van der Waals surface area contributed by atoms with Crippen LogP contribution in [0.4, 0.5) is 0 Å². The highest BCUT2D eigenvalue weighted by atomic mass is 16.9. The Balaban J connectivity index is 1.96. The summed E-state index contributed by atoms with van der Waals surface area (Å²) < 4.78 is 0. The van der Waals surface area contributed by atoms with Gasteiger partial charge in [-0.2, -0.15) is 0 Å². The summed E-state index contributed by atoms with van der Waals surface area (Å²) in [7, 11) is 0. The zero-order valence-corrected chi connectivity index (χ0v) is 14.0. The second-order valence-electron chi connectivity index (χ2n) is 6.00. The molecule has 1 unspecified atom stereocenters. The minimum Gasteiger partial charge on any atom is -0.394 e. The lowest BCUT2D eigenvalue weighted by atomic mass is 9.98. The van der Waals surface area contributed by atoms with E-state index in [1.165, 1.54) is 6.08 Å². The molecule has 0 radical (unpaired) electrons. The van der Waals surface area contributed by atoms with Crippen molar-refractivity contribution in [1.82, 2.24) is 0 Å². The van der Waals surface area contributed by atoms with E-state index < -0.39 is 11.0 Å². The van der Waals surface area contributed by atoms with E-state index in [1.54, 1.807) is 12.1 Å². The van der Waals surface area contributed by atoms with Crippen molar-refractivity contribution in [1.29, 1.82) is 0 Å². The molecule has 0 aromatic heterocycles. The molecule has 2 aromatic rings. The topological polar surface area (TPSA) is 78.4 Å². The molecule has 1 heterocycles. The van der Waals surface area contributed by atoms with Gasteiger partial charge in [0.15, 0.2) is 0 Å². The summed E-state index contributed by atoms with van der Waals surface area (Å²) in [6, 6.07) is 14.9. The first kappa shape index (κ1) is 16.7. The first-order valence-electron chi connectivity index (χ1n) is 7.95. The fraction of sp³-hybridized carbons (Fsp3) is 0.211. The van der Waals surface area contributed by atoms with Gasteiger partial charge in [-0.15, -0.1) is 0 Å². The molecule has 0 bridgehead atoms. The Hall–Kier alpha value is -3.15. The summed E-state index contributed by atoms with van der Waals surface area (Å²) in [5.74, 6) is 0. The molecular formula is C19H18N2O4. The summed E-state index contributed by atoms with van der Waals surface area (Å²) >= 11 is 0. The molecule has 6 heteroatoms. The average Bonchev–Trinajstić information content (AvgIpc) is 2.95. The lowest BCUT2D eigenvalue weighted by Gasteiger charge is -2.13. The molecule has 0 fully saturated rings. The van der Waals surface area contributed by atoms with E-state index in [1.807, 2.05) is 50.2 Å². The SMILES string of the molecule is Cc1ccccc1/C=C(\C1=[N+]([O-])OC(c2ccccc2C)C1)[N+](=O)[O-]. The zero-order valence-electron chi connectivity index (χ0n) is 14.0. The van der Waals surface area contributed by atoms with Crippen LogP contribution in [0.1, 0.15) is 34.8 Å². The van der Waals surface area contributed by atoms with Crippen LogP contribution in [-0.4, -0.2) is 15.5 Å². The van der Waals surface area contributed by atoms with Crippen molar-refractivity contribution >= 4 is 11.8 Å². The fourth-order valence-electron chi connectivity index (χ4n) is 2.92. The Morgan fingerprint density at radius 2 is 1.80 bits per heavy atom. The fourth-order valence-corrected chi connectivity index (χ4v) is 2.92. The highest BCUT2D eigenvalue weighted by Gasteiger charge is 2.38. The average molecular weight is 338 g/mol. The van der Waals surface area contributed by atoms with Crippen LogP contribution >= 0.6 is 0 Å². The van der Waals surface area contributed by atoms with Gasteiger partial charge in [0.1, 0.15) is 6.10 Å². The quantitative estimate of drug-likeness (QED) is 0.480. The van der Waals surface area contributed by atoms with Crippen molar-refractivity contribution < 1.29 is 14.7 Å². The van der Waals surface area contributed by atoms with Crippen LogP contribution < -0.4 is 0 Å². The smallest absolute Gasteiger partial charge is 0.342 e. The molecule has 128 valence electrons. The predicted molar refractivity (Wildman–Crippen MR) is 94.4 cm³/mol. The molecule has 6 nitrogen and oxygen atoms in total. The van der Waals surface area contributed by atoms with Gasteiger partial charge < -0.3 is 4.84 Å². The molecule has 0 aliphatic carbocycles. The van der Waals surface area contributed by atoms with Gasteiger partial charge in [-0.3, -0.25) is 15.3 Å². The third-order valence-electron chi connectivity index (χ3n) is 4.33. The van der Waals surface area contributed by atoms with Gasteiger partial charge in [-0.25, -0.2) is 0 Å². The largest absolute Gasteiger partial charge is 0.394 e. The van der Waals surface area contributed by atoms with Gasteiger partial charge >= 0.3 is 11.4 Å². The first-order valence-corrected chi connectivity index (χ1v) is 7.95. The minimum absolute atomic E-state index is 0.0292. The van der Waals surface area contributed by atoms with Crippen molar-refractivity contribution in [2.45, 2.75) is 26.4 Å². The van der Waals surface area contributed by atoms with E-state index in [-0.39, 0.29) is 22.7 Å². The number of nitro groups is 1. The van der Waals surface area contributed by atoms with E-state index in [2.05, 4.69) is 0 Å². The maximum atomic E-state index is 12.2. The normalized spacial score (nSPS) is 17.5. The standard InChI is InChI=1S/C19H18N2O4/c1-13-7-3-5-9-15(13)11-17(20(22)23)18-12-19(25-21(18)24)16-10-6-4-8-14(16)2/h3-11,19H,12H2,1-2H3/b17-11+. The van der Waals surface area contributed by atoms with Gasteiger partial charge in [-0.1, -0.05) is 48.5 Å². The molecule has 0 saturated carbocycles. The van der Waals surface area contributed by atoms with Crippen molar-refractivity contribution in [3.05, 3.63) is 91.8 Å². The van der Waals surface area contributed by atoms with Crippen molar-refractivity contribution in [2.24, 2.45) is 0 Å². The Morgan fingerprint density at radius 3 is 2.44 bits per heavy atom. The Kier molecular flexibility index (Phi) is 4.52. The predicted octanol–water partition coefficient (Wildman–Crippen LogP) is 3.95. The van der Waals surface area contributed by atoms with E-state index in [4.69, 9.17) is 4.84 Å². The Morgan fingerprint density at radius 1 is 1.16 bits per heavy atom. The highest BCUT2D eigenvalue weighted by molar-refractivity contribution is 5.99. The number of allylic oxidation sites excluding steroid dienone is 1. The molecular weight excluding hydrogens is 320 g/mol. The summed E-state index contributed by atoms with van der Waals surface area (Å²) in [5, 5.41) is 23.8. The van der Waals surface area contributed by atoms with Crippen LogP contribution in [0.5, 0.6) is 0 Å². The summed E-state index contributed by atoms with van der Waals surface area (Å²) in [6.45, 7) is 3.79. The van der Waals surface area contributed by atoms with Crippen molar-refractivity contribution in [3.63, 3.8) is 0 Å². The number of benzene rings is 2. The first-order chi connectivity index (χ1) is 12.0. The Bertz CT molecular complexity index is 886. The van der Waals surface area contributed by atoms with Crippen LogP contribution in [0, 0.1) is 29.2 Å². The number of hydrogen-bond acceptors (Lipinski definition) is 4. The highest BCUT2D eigenvalue weighted by Crippen LogP contribution is 2.31. The summed E-state index contributed by atoms with van der Waals surface area (Å²) in [6.07, 6.45) is 1.07. The molecule has 1 aliphatic rings. The number of nitrogens with zero attached hydrogens (tertiary/aromatic N) is 2. The minimum atomic E-state index is -0.531. The van der Waals surface area contributed by atoms with Crippen molar-refractivity contribution in [3.8, 4) is 0 Å². The molecule has 2 aromatic carbocycles. The molecule has 1 atom stereocenters.